The van der Waals surface area contributed by atoms with E-state index in [4.69, 9.17) is 14.6 Å². The summed E-state index contributed by atoms with van der Waals surface area (Å²) in [5, 5.41) is 41.1. The Morgan fingerprint density at radius 3 is 2.50 bits per heavy atom. The summed E-state index contributed by atoms with van der Waals surface area (Å²) < 4.78 is 10.5. The summed E-state index contributed by atoms with van der Waals surface area (Å²) in [5.74, 6) is -0.0524. The molecule has 8 heteroatoms. The molecule has 0 spiro atoms. The zero-order valence-electron chi connectivity index (χ0n) is 13.1. The van der Waals surface area contributed by atoms with Crippen molar-refractivity contribution in [3.05, 3.63) is 35.9 Å². The lowest BCUT2D eigenvalue weighted by Gasteiger charge is -2.39. The van der Waals surface area contributed by atoms with Gasteiger partial charge in [0.15, 0.2) is 12.1 Å². The SMILES string of the molecule is O=C(CNCCO[C@@H]1OC(CO)[C@H](O)[C@H](O)C1O)c1ccccc1. The van der Waals surface area contributed by atoms with E-state index in [2.05, 4.69) is 5.32 Å². The van der Waals surface area contributed by atoms with Gasteiger partial charge in [0.25, 0.3) is 0 Å². The number of aliphatic hydroxyl groups is 4. The minimum absolute atomic E-state index is 0.0524. The van der Waals surface area contributed by atoms with Gasteiger partial charge in [-0.2, -0.15) is 0 Å². The summed E-state index contributed by atoms with van der Waals surface area (Å²) in [5.41, 5.74) is 0.611. The number of ketones is 1. The maximum Gasteiger partial charge on any atom is 0.186 e. The van der Waals surface area contributed by atoms with Crippen LogP contribution in [0.25, 0.3) is 0 Å². The van der Waals surface area contributed by atoms with Crippen LogP contribution >= 0.6 is 0 Å². The van der Waals surface area contributed by atoms with Crippen LogP contribution in [0.5, 0.6) is 0 Å². The Balaban J connectivity index is 1.69. The van der Waals surface area contributed by atoms with Crippen LogP contribution in [-0.2, 0) is 9.47 Å². The summed E-state index contributed by atoms with van der Waals surface area (Å²) in [7, 11) is 0. The first-order valence-corrected chi connectivity index (χ1v) is 7.75. The first-order chi connectivity index (χ1) is 11.5. The highest BCUT2D eigenvalue weighted by Crippen LogP contribution is 2.21. The van der Waals surface area contributed by atoms with Gasteiger partial charge in [0.05, 0.1) is 19.8 Å². The van der Waals surface area contributed by atoms with Crippen molar-refractivity contribution in [3.8, 4) is 0 Å². The van der Waals surface area contributed by atoms with Crippen molar-refractivity contribution in [2.75, 3.05) is 26.3 Å². The molecule has 1 saturated heterocycles. The molecule has 2 rings (SSSR count). The Morgan fingerprint density at radius 1 is 1.12 bits per heavy atom. The summed E-state index contributed by atoms with van der Waals surface area (Å²) in [6.07, 6.45) is -6.46. The minimum Gasteiger partial charge on any atom is -0.394 e. The molecule has 0 amide bonds. The van der Waals surface area contributed by atoms with Crippen LogP contribution in [0.4, 0.5) is 0 Å². The summed E-state index contributed by atoms with van der Waals surface area (Å²) >= 11 is 0. The molecule has 24 heavy (non-hydrogen) atoms. The predicted molar refractivity (Wildman–Crippen MR) is 83.4 cm³/mol. The third-order valence-electron chi connectivity index (χ3n) is 3.79. The zero-order chi connectivity index (χ0) is 17.5. The van der Waals surface area contributed by atoms with Gasteiger partial charge < -0.3 is 35.2 Å². The van der Waals surface area contributed by atoms with Crippen LogP contribution in [0.3, 0.4) is 0 Å². The van der Waals surface area contributed by atoms with Crippen molar-refractivity contribution in [3.63, 3.8) is 0 Å². The Morgan fingerprint density at radius 2 is 1.83 bits per heavy atom. The second-order valence-corrected chi connectivity index (χ2v) is 5.53. The van der Waals surface area contributed by atoms with Crippen molar-refractivity contribution in [1.29, 1.82) is 0 Å². The Labute approximate surface area is 139 Å². The highest BCUT2D eigenvalue weighted by Gasteiger charge is 2.43. The molecule has 1 aliphatic heterocycles. The van der Waals surface area contributed by atoms with Crippen molar-refractivity contribution >= 4 is 5.78 Å². The van der Waals surface area contributed by atoms with Crippen LogP contribution in [0, 0.1) is 0 Å². The molecule has 0 aliphatic carbocycles. The van der Waals surface area contributed by atoms with Gasteiger partial charge in [-0.25, -0.2) is 0 Å². The molecule has 0 bridgehead atoms. The lowest BCUT2D eigenvalue weighted by molar-refractivity contribution is -0.300. The maximum absolute atomic E-state index is 11.9. The summed E-state index contributed by atoms with van der Waals surface area (Å²) in [6, 6.07) is 8.87. The monoisotopic (exact) mass is 341 g/mol. The van der Waals surface area contributed by atoms with Crippen LogP contribution in [0.2, 0.25) is 0 Å². The van der Waals surface area contributed by atoms with Crippen molar-refractivity contribution in [2.24, 2.45) is 0 Å². The fourth-order valence-corrected chi connectivity index (χ4v) is 2.38. The largest absolute Gasteiger partial charge is 0.394 e. The molecule has 0 saturated carbocycles. The Bertz CT molecular complexity index is 510. The minimum atomic E-state index is -1.46. The van der Waals surface area contributed by atoms with Crippen LogP contribution in [-0.4, -0.2) is 83.2 Å². The van der Waals surface area contributed by atoms with Crippen molar-refractivity contribution < 1.29 is 34.7 Å². The Hall–Kier alpha value is -1.39. The van der Waals surface area contributed by atoms with Crippen LogP contribution in [0.15, 0.2) is 30.3 Å². The molecule has 1 fully saturated rings. The summed E-state index contributed by atoms with van der Waals surface area (Å²) in [6.45, 7) is 0.0784. The summed E-state index contributed by atoms with van der Waals surface area (Å²) in [4.78, 5) is 11.9. The van der Waals surface area contributed by atoms with Gasteiger partial charge in [-0.05, 0) is 0 Å². The molecule has 0 aromatic heterocycles. The third kappa shape index (κ3) is 4.81. The average Bonchev–Trinajstić information content (AvgIpc) is 2.61. The zero-order valence-corrected chi connectivity index (χ0v) is 13.1. The standard InChI is InChI=1S/C16H23NO7/c18-9-12-13(20)14(21)15(22)16(24-12)23-7-6-17-8-11(19)10-4-2-1-3-5-10/h1-5,12-18,20-22H,6-9H2/t12?,13-,14-,15?,16+/m0/s1. The number of aliphatic hydroxyl groups excluding tert-OH is 4. The number of hydrogen-bond acceptors (Lipinski definition) is 8. The predicted octanol–water partition coefficient (Wildman–Crippen LogP) is -1.72. The molecular formula is C16H23NO7. The van der Waals surface area contributed by atoms with E-state index >= 15 is 0 Å². The van der Waals surface area contributed by atoms with Gasteiger partial charge in [0.1, 0.15) is 24.4 Å². The van der Waals surface area contributed by atoms with Crippen molar-refractivity contribution in [2.45, 2.75) is 30.7 Å². The lowest BCUT2D eigenvalue weighted by atomic mass is 9.99. The average molecular weight is 341 g/mol. The van der Waals surface area contributed by atoms with Gasteiger partial charge in [-0.15, -0.1) is 0 Å². The van der Waals surface area contributed by atoms with Gasteiger partial charge >= 0.3 is 0 Å². The number of ether oxygens (including phenoxy) is 2. The second kappa shape index (κ2) is 9.19. The number of rotatable bonds is 8. The molecule has 1 aromatic carbocycles. The van der Waals surface area contributed by atoms with E-state index in [-0.39, 0.29) is 18.9 Å². The van der Waals surface area contributed by atoms with E-state index < -0.39 is 37.3 Å². The molecule has 5 atom stereocenters. The quantitative estimate of drug-likeness (QED) is 0.279. The fourth-order valence-electron chi connectivity index (χ4n) is 2.38. The number of nitrogens with one attached hydrogen (secondary N) is 1. The molecule has 1 aromatic rings. The van der Waals surface area contributed by atoms with Gasteiger partial charge in [0, 0.05) is 12.1 Å². The maximum atomic E-state index is 11.9. The van der Waals surface area contributed by atoms with E-state index in [9.17, 15) is 20.1 Å². The molecule has 5 N–H and O–H groups in total. The molecule has 0 radical (unpaired) electrons. The first kappa shape index (κ1) is 18.9. The second-order valence-electron chi connectivity index (χ2n) is 5.53. The molecule has 1 aliphatic rings. The molecule has 2 unspecified atom stereocenters. The van der Waals surface area contributed by atoms with E-state index in [1.807, 2.05) is 6.07 Å². The fraction of sp³-hybridized carbons (Fsp3) is 0.562. The van der Waals surface area contributed by atoms with Crippen LogP contribution < -0.4 is 5.32 Å². The molecular weight excluding hydrogens is 318 g/mol. The topological polar surface area (TPSA) is 128 Å². The number of hydrogen-bond donors (Lipinski definition) is 5. The molecule has 1 heterocycles. The third-order valence-corrected chi connectivity index (χ3v) is 3.79. The van der Waals surface area contributed by atoms with Gasteiger partial charge in [-0.1, -0.05) is 30.3 Å². The normalized spacial score (nSPS) is 30.2. The smallest absolute Gasteiger partial charge is 0.186 e. The highest BCUT2D eigenvalue weighted by atomic mass is 16.7. The van der Waals surface area contributed by atoms with Gasteiger partial charge in [-0.3, -0.25) is 4.79 Å². The van der Waals surface area contributed by atoms with E-state index in [1.165, 1.54) is 0 Å². The number of Topliss-reactive ketones (excluding diaryl/α,β-unsaturated/α-hetero) is 1. The van der Waals surface area contributed by atoms with Crippen molar-refractivity contribution in [1.82, 2.24) is 5.32 Å². The molecule has 134 valence electrons. The Kier molecular flexibility index (Phi) is 7.25. The molecule has 8 nitrogen and oxygen atoms in total. The van der Waals surface area contributed by atoms with E-state index in [1.54, 1.807) is 24.3 Å². The number of carbonyl (C=O) groups is 1. The first-order valence-electron chi connectivity index (χ1n) is 7.75. The number of carbonyl (C=O) groups excluding carboxylic acids is 1. The lowest BCUT2D eigenvalue weighted by Crippen LogP contribution is -2.59. The van der Waals surface area contributed by atoms with E-state index in [0.29, 0.717) is 12.1 Å². The number of benzene rings is 1. The van der Waals surface area contributed by atoms with Crippen LogP contribution in [0.1, 0.15) is 10.4 Å². The van der Waals surface area contributed by atoms with E-state index in [0.717, 1.165) is 0 Å². The van der Waals surface area contributed by atoms with Gasteiger partial charge in [0.2, 0.25) is 0 Å². The highest BCUT2D eigenvalue weighted by molar-refractivity contribution is 5.97.